The summed E-state index contributed by atoms with van der Waals surface area (Å²) >= 11 is 11.8. The number of carbonyl (C=O) groups is 1. The maximum absolute atomic E-state index is 12.7. The first-order valence-electron chi connectivity index (χ1n) is 7.45. The molecule has 1 unspecified atom stereocenters. The minimum atomic E-state index is -4.01. The SMILES string of the molecule is COc1ccc(CC(C(=O)O)N(C)S(=O)(=O)c2ccc(Cl)cc2)cc1Cl. The number of ether oxygens (including phenoxy) is 1. The normalized spacial score (nSPS) is 12.8. The average Bonchev–Trinajstić information content (AvgIpc) is 2.59. The van der Waals surface area contributed by atoms with E-state index in [9.17, 15) is 18.3 Å². The Bertz CT molecular complexity index is 900. The van der Waals surface area contributed by atoms with Crippen LogP contribution in [0.5, 0.6) is 5.75 Å². The first kappa shape index (κ1) is 20.5. The number of aliphatic carboxylic acids is 1. The van der Waals surface area contributed by atoms with Crippen LogP contribution in [0, 0.1) is 0 Å². The fourth-order valence-electron chi connectivity index (χ4n) is 2.37. The third-order valence-corrected chi connectivity index (χ3v) is 6.29. The van der Waals surface area contributed by atoms with Gasteiger partial charge in [-0.15, -0.1) is 0 Å². The number of hydrogen-bond acceptors (Lipinski definition) is 4. The highest BCUT2D eigenvalue weighted by Crippen LogP contribution is 2.27. The third kappa shape index (κ3) is 4.48. The highest BCUT2D eigenvalue weighted by Gasteiger charge is 2.33. The Morgan fingerprint density at radius 3 is 2.31 bits per heavy atom. The van der Waals surface area contributed by atoms with Crippen molar-refractivity contribution in [3.05, 3.63) is 58.1 Å². The molecule has 26 heavy (non-hydrogen) atoms. The molecule has 0 radical (unpaired) electrons. The number of sulfonamides is 1. The lowest BCUT2D eigenvalue weighted by molar-refractivity contribution is -0.141. The highest BCUT2D eigenvalue weighted by molar-refractivity contribution is 7.89. The van der Waals surface area contributed by atoms with Gasteiger partial charge >= 0.3 is 5.97 Å². The summed E-state index contributed by atoms with van der Waals surface area (Å²) in [6.07, 6.45) is -0.0532. The van der Waals surface area contributed by atoms with Gasteiger partial charge < -0.3 is 9.84 Å². The Kier molecular flexibility index (Phi) is 6.52. The van der Waals surface area contributed by atoms with E-state index < -0.39 is 22.0 Å². The van der Waals surface area contributed by atoms with Gasteiger partial charge in [-0.3, -0.25) is 4.79 Å². The Morgan fingerprint density at radius 1 is 1.19 bits per heavy atom. The van der Waals surface area contributed by atoms with Gasteiger partial charge in [-0.25, -0.2) is 8.42 Å². The minimum Gasteiger partial charge on any atom is -0.495 e. The Labute approximate surface area is 162 Å². The van der Waals surface area contributed by atoms with Crippen molar-refractivity contribution in [3.8, 4) is 5.75 Å². The number of methoxy groups -OCH3 is 1. The summed E-state index contributed by atoms with van der Waals surface area (Å²) in [5, 5.41) is 10.2. The van der Waals surface area contributed by atoms with Crippen molar-refractivity contribution < 1.29 is 23.1 Å². The first-order chi connectivity index (χ1) is 12.2. The molecule has 0 heterocycles. The van der Waals surface area contributed by atoms with Crippen LogP contribution >= 0.6 is 23.2 Å². The van der Waals surface area contributed by atoms with E-state index in [1.165, 1.54) is 38.4 Å². The van der Waals surface area contributed by atoms with Crippen molar-refractivity contribution in [2.24, 2.45) is 0 Å². The van der Waals surface area contributed by atoms with Crippen molar-refractivity contribution in [2.75, 3.05) is 14.2 Å². The van der Waals surface area contributed by atoms with Gasteiger partial charge in [0.25, 0.3) is 0 Å². The fraction of sp³-hybridized carbons (Fsp3) is 0.235. The number of benzene rings is 2. The predicted octanol–water partition coefficient (Wildman–Crippen LogP) is 3.32. The van der Waals surface area contributed by atoms with Gasteiger partial charge in [0.05, 0.1) is 17.0 Å². The van der Waals surface area contributed by atoms with Crippen LogP contribution in [0.2, 0.25) is 10.0 Å². The molecule has 2 rings (SSSR count). The summed E-state index contributed by atoms with van der Waals surface area (Å²) in [6, 6.07) is 9.02. The van der Waals surface area contributed by atoms with Gasteiger partial charge in [-0.2, -0.15) is 4.31 Å². The van der Waals surface area contributed by atoms with Crippen molar-refractivity contribution >= 4 is 39.2 Å². The average molecular weight is 418 g/mol. The van der Waals surface area contributed by atoms with Crippen molar-refractivity contribution in [3.63, 3.8) is 0 Å². The number of hydrogen-bond donors (Lipinski definition) is 1. The standard InChI is InChI=1S/C17H17Cl2NO5S/c1-20(26(23,24)13-6-4-12(18)5-7-13)15(17(21)22)10-11-3-8-16(25-2)14(19)9-11/h3-9,15H,10H2,1-2H3,(H,21,22). The molecule has 0 amide bonds. The molecular weight excluding hydrogens is 401 g/mol. The molecule has 0 aliphatic rings. The lowest BCUT2D eigenvalue weighted by Crippen LogP contribution is -2.43. The van der Waals surface area contributed by atoms with Gasteiger partial charge in [0, 0.05) is 12.1 Å². The number of halogens is 2. The smallest absolute Gasteiger partial charge is 0.322 e. The summed E-state index contributed by atoms with van der Waals surface area (Å²) in [5.74, 6) is -0.818. The molecule has 0 saturated carbocycles. The molecule has 9 heteroatoms. The van der Waals surface area contributed by atoms with Crippen molar-refractivity contribution in [1.82, 2.24) is 4.31 Å². The summed E-state index contributed by atoms with van der Waals surface area (Å²) in [5.41, 5.74) is 0.571. The van der Waals surface area contributed by atoms with Crippen molar-refractivity contribution in [2.45, 2.75) is 17.4 Å². The molecule has 1 atom stereocenters. The molecule has 1 N–H and O–H groups in total. The largest absolute Gasteiger partial charge is 0.495 e. The van der Waals surface area contributed by atoms with Crippen LogP contribution in [0.4, 0.5) is 0 Å². The molecule has 2 aromatic carbocycles. The van der Waals surface area contributed by atoms with E-state index in [4.69, 9.17) is 27.9 Å². The van der Waals surface area contributed by atoms with Gasteiger partial charge in [-0.1, -0.05) is 29.3 Å². The molecule has 2 aromatic rings. The topological polar surface area (TPSA) is 83.9 Å². The molecule has 0 fully saturated rings. The van der Waals surface area contributed by atoms with Crippen LogP contribution < -0.4 is 4.74 Å². The lowest BCUT2D eigenvalue weighted by atomic mass is 10.1. The predicted molar refractivity (Wildman–Crippen MR) is 99.5 cm³/mol. The second-order valence-electron chi connectivity index (χ2n) is 5.50. The van der Waals surface area contributed by atoms with E-state index in [1.807, 2.05) is 0 Å². The zero-order chi connectivity index (χ0) is 19.5. The molecular formula is C17H17Cl2NO5S. The molecule has 140 valence electrons. The summed E-state index contributed by atoms with van der Waals surface area (Å²) in [6.45, 7) is 0. The maximum atomic E-state index is 12.7. The van der Waals surface area contributed by atoms with Crippen LogP contribution in [0.25, 0.3) is 0 Å². The van der Waals surface area contributed by atoms with E-state index in [0.29, 0.717) is 21.4 Å². The van der Waals surface area contributed by atoms with E-state index in [-0.39, 0.29) is 11.3 Å². The van der Waals surface area contributed by atoms with Gasteiger partial charge in [0.2, 0.25) is 10.0 Å². The number of likely N-dealkylation sites (N-methyl/N-ethyl adjacent to an activating group) is 1. The second-order valence-corrected chi connectivity index (χ2v) is 8.34. The van der Waals surface area contributed by atoms with Gasteiger partial charge in [-0.05, 0) is 48.4 Å². The summed E-state index contributed by atoms with van der Waals surface area (Å²) in [4.78, 5) is 11.7. The molecule has 6 nitrogen and oxygen atoms in total. The lowest BCUT2D eigenvalue weighted by Gasteiger charge is -2.24. The highest BCUT2D eigenvalue weighted by atomic mass is 35.5. The van der Waals surface area contributed by atoms with E-state index in [1.54, 1.807) is 18.2 Å². The second kappa shape index (κ2) is 8.26. The molecule has 0 bridgehead atoms. The molecule has 0 aliphatic carbocycles. The fourth-order valence-corrected chi connectivity index (χ4v) is 4.09. The van der Waals surface area contributed by atoms with Crippen molar-refractivity contribution in [1.29, 1.82) is 0 Å². The molecule has 0 aliphatic heterocycles. The molecule has 0 aromatic heterocycles. The van der Waals surface area contributed by atoms with Crippen LogP contribution in [0.1, 0.15) is 5.56 Å². The first-order valence-corrected chi connectivity index (χ1v) is 9.65. The molecule has 0 spiro atoms. The molecule has 0 saturated heterocycles. The minimum absolute atomic E-state index is 0.0385. The van der Waals surface area contributed by atoms with Gasteiger partial charge in [0.15, 0.2) is 0 Å². The third-order valence-electron chi connectivity index (χ3n) is 3.86. The van der Waals surface area contributed by atoms with Crippen LogP contribution in [-0.2, 0) is 21.2 Å². The van der Waals surface area contributed by atoms with Crippen LogP contribution in [0.15, 0.2) is 47.4 Å². The number of rotatable bonds is 7. The summed E-state index contributed by atoms with van der Waals surface area (Å²) < 4.78 is 31.3. The number of nitrogens with zero attached hydrogens (tertiary/aromatic N) is 1. The Hall–Kier alpha value is -1.80. The maximum Gasteiger partial charge on any atom is 0.322 e. The quantitative estimate of drug-likeness (QED) is 0.746. The number of carboxylic acid groups (broad SMARTS) is 1. The Morgan fingerprint density at radius 2 is 1.81 bits per heavy atom. The zero-order valence-electron chi connectivity index (χ0n) is 14.0. The van der Waals surface area contributed by atoms with E-state index in [0.717, 1.165) is 4.31 Å². The Balaban J connectivity index is 2.32. The van der Waals surface area contributed by atoms with E-state index in [2.05, 4.69) is 0 Å². The zero-order valence-corrected chi connectivity index (χ0v) is 16.3. The van der Waals surface area contributed by atoms with E-state index >= 15 is 0 Å². The summed E-state index contributed by atoms with van der Waals surface area (Å²) in [7, 11) is -1.31. The van der Waals surface area contributed by atoms with Crippen LogP contribution in [0.3, 0.4) is 0 Å². The van der Waals surface area contributed by atoms with Gasteiger partial charge in [0.1, 0.15) is 11.8 Å². The monoisotopic (exact) mass is 417 g/mol. The number of carboxylic acids is 1. The van der Waals surface area contributed by atoms with Crippen LogP contribution in [-0.4, -0.2) is 44.0 Å².